The van der Waals surface area contributed by atoms with Crippen LogP contribution in [0.4, 0.5) is 31.2 Å². The number of likely N-dealkylation sites (tertiary alicyclic amines) is 1. The molecule has 0 unspecified atom stereocenters. The molecule has 2 aliphatic rings. The first kappa shape index (κ1) is 110. The van der Waals surface area contributed by atoms with Crippen molar-refractivity contribution < 1.29 is 91.1 Å². The number of likely N-dealkylation sites (N-methyl/N-ethyl adjacent to an activating group) is 2. The van der Waals surface area contributed by atoms with Gasteiger partial charge >= 0.3 is 18.1 Å². The van der Waals surface area contributed by atoms with E-state index in [1.807, 2.05) is 45.0 Å². The highest BCUT2D eigenvalue weighted by Gasteiger charge is 2.43. The van der Waals surface area contributed by atoms with Crippen LogP contribution < -0.4 is 75.3 Å². The number of carbonyl (C=O) groups is 13. The minimum atomic E-state index is -1.50. The number of aliphatic hydroxyl groups excluding tert-OH is 1. The van der Waals surface area contributed by atoms with Crippen LogP contribution in [0.15, 0.2) is 91.1 Å². The van der Waals surface area contributed by atoms with Gasteiger partial charge in [0, 0.05) is 144 Å². The molecule has 4 heterocycles. The molecule has 0 saturated carbocycles. The van der Waals surface area contributed by atoms with Gasteiger partial charge in [0.2, 0.25) is 53.2 Å². The standard InChI is InChI=1S/C97H140ClFN20O18/c1-15-58(9)84(75(135-14)51-78(122)119-40-20-23-68(119)47-59(10)89(126)108-60(11)86(125)61-21-17-16-18-22-61)116(12)95(132)82(55(4)5)115-94(131)83(56(6)7)117(13)97(134)137-53-62-25-27-67(50-69(62)90(127)105-37-35-100)109-91(128)72(24-19-36-106-96(102)133)113-93(130)81(54(2)3)114-92(129)73(29-30-79(123)124)110-77(121)34-44-136-43-33-76(120)103-38-39-104-87-80(88-111-71-28-26-64(98)49-74(71)112-88)85(118-41-31-66(101)32-42-118)70(52-107-87)63-45-57(8)46-65(99)48-63/h16-18,21-22,25-28,45-46,48-50,52,54-56,58-60,66,68,72-73,75,81-84,86,125H,15,19-20,23-24,29-44,47,51,53,100-101H2,1-14H3,(H,103,120)(H,104,107)(H,105,127)(H,108,126)(H,109,128)(H,110,121)(H,111,112)(H,113,130)(H,114,129)(H,115,131)(H,123,124)(H3,102,106,133)/t58-,59+,60+,68-,72-,73-,75+,81-,82-,83-,84-,86+/m0/s1. The van der Waals surface area contributed by atoms with E-state index >= 15 is 4.39 Å². The number of hydrogen-bond donors (Lipinski definition) is 16. The van der Waals surface area contributed by atoms with Crippen LogP contribution in [0.3, 0.4) is 0 Å². The second-order valence-electron chi connectivity index (χ2n) is 36.5. The fourth-order valence-electron chi connectivity index (χ4n) is 17.1. The van der Waals surface area contributed by atoms with Crippen molar-refractivity contribution in [2.75, 3.05) is 102 Å². The van der Waals surface area contributed by atoms with E-state index in [1.54, 1.807) is 104 Å². The summed E-state index contributed by atoms with van der Waals surface area (Å²) in [6.45, 7) is 20.5. The lowest BCUT2D eigenvalue weighted by Gasteiger charge is -2.40. The van der Waals surface area contributed by atoms with Crippen LogP contribution in [0.1, 0.15) is 186 Å². The van der Waals surface area contributed by atoms with Crippen molar-refractivity contribution in [2.24, 2.45) is 46.8 Å². The second kappa shape index (κ2) is 53.5. The van der Waals surface area contributed by atoms with E-state index in [0.717, 1.165) is 22.6 Å². The van der Waals surface area contributed by atoms with Crippen LogP contribution in [0, 0.1) is 42.3 Å². The summed E-state index contributed by atoms with van der Waals surface area (Å²) in [7, 11) is 4.44. The third-order valence-corrected chi connectivity index (χ3v) is 25.1. The summed E-state index contributed by atoms with van der Waals surface area (Å²) in [5.41, 5.74) is 23.0. The van der Waals surface area contributed by atoms with E-state index in [1.165, 1.54) is 49.4 Å². The number of nitrogens with zero attached hydrogens (tertiary/aromatic N) is 6. The predicted molar refractivity (Wildman–Crippen MR) is 519 cm³/mol. The van der Waals surface area contributed by atoms with E-state index in [9.17, 15) is 72.5 Å². The van der Waals surface area contributed by atoms with Crippen LogP contribution in [0.25, 0.3) is 33.5 Å². The summed E-state index contributed by atoms with van der Waals surface area (Å²) in [6, 6.07) is 14.2. The maximum Gasteiger partial charge on any atom is 0.410 e. The quantitative estimate of drug-likeness (QED) is 0.0163. The van der Waals surface area contributed by atoms with Crippen molar-refractivity contribution in [2.45, 2.75) is 233 Å². The fraction of sp³-hybridized carbons (Fsp3) is 0.557. The molecule has 137 heavy (non-hydrogen) atoms. The average Bonchev–Trinajstić information content (AvgIpc) is 1.72. The summed E-state index contributed by atoms with van der Waals surface area (Å²) < 4.78 is 32.7. The number of urea groups is 1. The first-order valence-corrected chi connectivity index (χ1v) is 47.5. The number of H-pyrrole nitrogens is 1. The number of aliphatic hydroxyl groups is 1. The van der Waals surface area contributed by atoms with E-state index in [4.69, 9.17) is 53.0 Å². The SMILES string of the molecule is CC[C@H](C)[C@@H]([C@@H](CC(=O)N1CCC[C@H]1C[C@@H](C)C(=O)N[C@H](C)[C@@H](O)c1ccccc1)OC)N(C)C(=O)[C@@H](NC(=O)[C@H](C(C)C)N(C)C(=O)OCc1ccc(NC(=O)[C@H](CCCNC(N)=O)NC(=O)[C@@H](NC(=O)[C@H](CCC(=O)O)NC(=O)CCOCCC(=O)NCCNc2ncc(-c3cc(C)cc(F)c3)c(N3CCC(N)CC3)c2-c2nc3ccc(Cl)cc3[nH]2)C(C)C)cc1C(=O)NCCN)C(C)C. The number of aryl methyl sites for hydroxylation is 1. The number of aromatic amines is 1. The van der Waals surface area contributed by atoms with Crippen molar-refractivity contribution in [3.05, 3.63) is 124 Å². The molecule has 40 heteroatoms. The molecular weight excluding hydrogens is 1790 g/mol. The number of carbonyl (C=O) groups excluding carboxylic acids is 12. The molecule has 2 saturated heterocycles. The minimum absolute atomic E-state index is 0.00109. The number of methoxy groups -OCH3 is 1. The minimum Gasteiger partial charge on any atom is -0.481 e. The fourth-order valence-corrected chi connectivity index (χ4v) is 17.3. The van der Waals surface area contributed by atoms with Crippen molar-refractivity contribution in [1.29, 1.82) is 0 Å². The second-order valence-corrected chi connectivity index (χ2v) is 36.9. The summed E-state index contributed by atoms with van der Waals surface area (Å²) in [6.07, 6.45) is 1.15. The monoisotopic (exact) mass is 1930 g/mol. The average molecular weight is 1930 g/mol. The van der Waals surface area contributed by atoms with Crippen molar-refractivity contribution >= 4 is 117 Å². The van der Waals surface area contributed by atoms with Crippen molar-refractivity contribution in [3.63, 3.8) is 0 Å². The molecule has 0 radical (unpaired) electrons. The number of aliphatic carboxylic acids is 1. The zero-order valence-corrected chi connectivity index (χ0v) is 81.7. The number of hydrogen-bond acceptors (Lipinski definition) is 23. The Kier molecular flexibility index (Phi) is 43.0. The van der Waals surface area contributed by atoms with Crippen molar-refractivity contribution in [3.8, 4) is 22.5 Å². The Morgan fingerprint density at radius 2 is 1.39 bits per heavy atom. The number of amides is 13. The lowest BCUT2D eigenvalue weighted by atomic mass is 9.89. The number of rotatable bonds is 52. The molecular formula is C97H140ClFN20O18. The number of ether oxygens (including phenoxy) is 3. The van der Waals surface area contributed by atoms with Gasteiger partial charge in [-0.05, 0) is 148 Å². The summed E-state index contributed by atoms with van der Waals surface area (Å²) in [5, 5.41) is 48.9. The zero-order valence-electron chi connectivity index (χ0n) is 81.0. The number of aromatic nitrogens is 3. The zero-order chi connectivity index (χ0) is 101. The Morgan fingerprint density at radius 3 is 2.04 bits per heavy atom. The molecule has 2 aromatic heterocycles. The van der Waals surface area contributed by atoms with Crippen molar-refractivity contribution in [1.82, 2.24) is 72.2 Å². The third-order valence-electron chi connectivity index (χ3n) is 24.9. The van der Waals surface area contributed by atoms with Crippen LogP contribution in [-0.2, 0) is 68.8 Å². The third kappa shape index (κ3) is 32.2. The van der Waals surface area contributed by atoms with E-state index in [2.05, 4.69) is 63.1 Å². The molecule has 2 aliphatic heterocycles. The van der Waals surface area contributed by atoms with E-state index in [-0.39, 0.29) is 131 Å². The lowest BCUT2D eigenvalue weighted by molar-refractivity contribution is -0.146. The highest BCUT2D eigenvalue weighted by atomic mass is 35.5. The van der Waals surface area contributed by atoms with Gasteiger partial charge in [0.15, 0.2) is 0 Å². The van der Waals surface area contributed by atoms with Crippen LogP contribution in [0.5, 0.6) is 0 Å². The Morgan fingerprint density at radius 1 is 0.708 bits per heavy atom. The first-order chi connectivity index (χ1) is 65.1. The number of carboxylic acid groups (broad SMARTS) is 1. The maximum absolute atomic E-state index is 15.1. The Labute approximate surface area is 804 Å². The van der Waals surface area contributed by atoms with Crippen LogP contribution >= 0.6 is 11.6 Å². The number of nitrogens with one attached hydrogen (secondary N) is 11. The van der Waals surface area contributed by atoms with Crippen LogP contribution in [0.2, 0.25) is 5.02 Å². The lowest BCUT2D eigenvalue weighted by Crippen LogP contribution is -2.60. The number of halogens is 2. The topological polar surface area (TPSA) is 543 Å². The maximum atomic E-state index is 15.1. The molecule has 0 spiro atoms. The molecule has 0 aliphatic carbocycles. The molecule has 12 atom stereocenters. The van der Waals surface area contributed by atoms with Gasteiger partial charge in [-0.1, -0.05) is 123 Å². The molecule has 38 nitrogen and oxygen atoms in total. The summed E-state index contributed by atoms with van der Waals surface area (Å²) in [4.78, 5) is 199. The predicted octanol–water partition coefficient (Wildman–Crippen LogP) is 7.66. The number of nitrogens with two attached hydrogens (primary N) is 3. The van der Waals surface area contributed by atoms with Gasteiger partial charge < -0.3 is 114 Å². The molecule has 0 bridgehead atoms. The largest absolute Gasteiger partial charge is 0.481 e. The molecule has 19 N–H and O–H groups in total. The van der Waals surface area contributed by atoms with Gasteiger partial charge in [0.25, 0.3) is 5.91 Å². The molecule has 4 aromatic carbocycles. The highest BCUT2D eigenvalue weighted by Crippen LogP contribution is 2.44. The number of fused-ring (bicyclic) bond motifs is 1. The van der Waals surface area contributed by atoms with Gasteiger partial charge in [-0.3, -0.25) is 57.6 Å². The van der Waals surface area contributed by atoms with Gasteiger partial charge in [-0.2, -0.15) is 0 Å². The van der Waals surface area contributed by atoms with Crippen LogP contribution in [-0.4, -0.2) is 264 Å². The summed E-state index contributed by atoms with van der Waals surface area (Å²) >= 11 is 6.40. The number of pyridine rings is 1. The summed E-state index contributed by atoms with van der Waals surface area (Å²) in [5.74, 6) is -9.35. The molecule has 750 valence electrons. The van der Waals surface area contributed by atoms with Gasteiger partial charge in [0.05, 0.1) is 66.2 Å². The molecule has 13 amide bonds. The van der Waals surface area contributed by atoms with Gasteiger partial charge in [0.1, 0.15) is 54.3 Å². The first-order valence-electron chi connectivity index (χ1n) is 47.1. The normalized spacial score (nSPS) is 15.8. The molecule has 2 fully saturated rings. The number of benzene rings is 4. The smallest absolute Gasteiger partial charge is 0.410 e. The molecule has 6 aromatic rings. The Bertz CT molecular complexity index is 5100. The number of imidazole rings is 1. The van der Waals surface area contributed by atoms with Gasteiger partial charge in [-0.25, -0.2) is 23.9 Å². The Hall–Kier alpha value is -12.2. The van der Waals surface area contributed by atoms with E-state index < -0.39 is 163 Å². The number of carboxylic acids is 1. The number of primary amides is 1. The van der Waals surface area contributed by atoms with E-state index in [0.29, 0.717) is 102 Å². The highest BCUT2D eigenvalue weighted by molar-refractivity contribution is 6.31. The molecule has 8 rings (SSSR count). The number of piperidine rings is 1. The Balaban J connectivity index is 0.857. The number of anilines is 3. The van der Waals surface area contributed by atoms with Gasteiger partial charge in [-0.15, -0.1) is 0 Å².